The Morgan fingerprint density at radius 2 is 2.13 bits per heavy atom. The van der Waals surface area contributed by atoms with Crippen LogP contribution in [0.1, 0.15) is 0 Å². The summed E-state index contributed by atoms with van der Waals surface area (Å²) in [5.41, 5.74) is 1.05. The van der Waals surface area contributed by atoms with Crippen molar-refractivity contribution in [3.05, 3.63) is 28.2 Å². The van der Waals surface area contributed by atoms with Gasteiger partial charge < -0.3 is 10.2 Å². The Morgan fingerprint density at radius 1 is 1.40 bits per heavy atom. The molecule has 0 atom stereocenters. The summed E-state index contributed by atoms with van der Waals surface area (Å²) in [5.74, 6) is 0.738. The average Bonchev–Trinajstić information content (AvgIpc) is 2.11. The molecule has 1 saturated heterocycles. The van der Waals surface area contributed by atoms with Crippen molar-refractivity contribution in [3.8, 4) is 0 Å². The van der Waals surface area contributed by atoms with Crippen molar-refractivity contribution in [3.63, 3.8) is 0 Å². The van der Waals surface area contributed by atoms with Crippen molar-refractivity contribution in [2.45, 2.75) is 0 Å². The van der Waals surface area contributed by atoms with Crippen LogP contribution in [0.2, 0.25) is 10.0 Å². The molecule has 2 nitrogen and oxygen atoms in total. The van der Waals surface area contributed by atoms with Crippen LogP contribution in [0.4, 0.5) is 5.69 Å². The number of halogens is 2. The van der Waals surface area contributed by atoms with Crippen molar-refractivity contribution in [1.82, 2.24) is 5.32 Å². The third kappa shape index (κ3) is 2.57. The minimum absolute atomic E-state index is 0.683. The third-order valence-corrected chi connectivity index (χ3v) is 3.26. The van der Waals surface area contributed by atoms with Gasteiger partial charge in [0.2, 0.25) is 0 Å². The summed E-state index contributed by atoms with van der Waals surface area (Å²) in [7, 11) is 2.06. The fourth-order valence-corrected chi connectivity index (χ4v) is 2.31. The Bertz CT molecular complexity index is 350. The normalized spacial score (nSPS) is 16.2. The van der Waals surface area contributed by atoms with E-state index in [4.69, 9.17) is 23.2 Å². The number of rotatable bonds is 3. The molecular weight excluding hydrogens is 231 g/mol. The fraction of sp³-hybridized carbons (Fsp3) is 0.455. The summed E-state index contributed by atoms with van der Waals surface area (Å²) in [6, 6.07) is 5.63. The zero-order valence-electron chi connectivity index (χ0n) is 8.63. The minimum atomic E-state index is 0.683. The first kappa shape index (κ1) is 11.1. The smallest absolute Gasteiger partial charge is 0.0654 e. The highest BCUT2D eigenvalue weighted by Crippen LogP contribution is 2.28. The maximum absolute atomic E-state index is 6.13. The molecule has 0 bridgehead atoms. The molecule has 1 aromatic rings. The predicted octanol–water partition coefficient (Wildman–Crippen LogP) is 2.65. The van der Waals surface area contributed by atoms with Gasteiger partial charge in [0, 0.05) is 37.6 Å². The monoisotopic (exact) mass is 244 g/mol. The maximum atomic E-state index is 6.13. The van der Waals surface area contributed by atoms with Gasteiger partial charge in [-0.3, -0.25) is 0 Å². The van der Waals surface area contributed by atoms with Crippen LogP contribution in [0.25, 0.3) is 0 Å². The van der Waals surface area contributed by atoms with Gasteiger partial charge in [-0.15, -0.1) is 0 Å². The third-order valence-electron chi connectivity index (χ3n) is 2.72. The molecular formula is C11H14Cl2N2. The van der Waals surface area contributed by atoms with E-state index in [0.29, 0.717) is 5.02 Å². The first-order valence-electron chi connectivity index (χ1n) is 5.03. The van der Waals surface area contributed by atoms with E-state index in [9.17, 15) is 0 Å². The zero-order valence-corrected chi connectivity index (χ0v) is 10.1. The molecule has 1 aliphatic rings. The number of hydrogen-bond donors (Lipinski definition) is 1. The topological polar surface area (TPSA) is 15.3 Å². The van der Waals surface area contributed by atoms with Gasteiger partial charge in [-0.05, 0) is 18.2 Å². The molecule has 4 heteroatoms. The van der Waals surface area contributed by atoms with Gasteiger partial charge >= 0.3 is 0 Å². The summed E-state index contributed by atoms with van der Waals surface area (Å²) in [4.78, 5) is 2.18. The lowest BCUT2D eigenvalue weighted by molar-refractivity contribution is 0.353. The van der Waals surface area contributed by atoms with E-state index >= 15 is 0 Å². The molecule has 82 valence electrons. The Kier molecular flexibility index (Phi) is 3.39. The number of nitrogens with zero attached hydrogens (tertiary/aromatic N) is 1. The first-order chi connectivity index (χ1) is 7.16. The fourth-order valence-electron chi connectivity index (χ4n) is 1.75. The van der Waals surface area contributed by atoms with Crippen LogP contribution in [0.5, 0.6) is 0 Å². The molecule has 0 aliphatic carbocycles. The molecule has 0 radical (unpaired) electrons. The first-order valence-corrected chi connectivity index (χ1v) is 5.79. The number of anilines is 1. The molecule has 0 aromatic heterocycles. The Balaban J connectivity index is 2.06. The van der Waals surface area contributed by atoms with E-state index in [1.807, 2.05) is 12.1 Å². The molecule has 1 N–H and O–H groups in total. The van der Waals surface area contributed by atoms with Gasteiger partial charge in [0.05, 0.1) is 10.7 Å². The molecule has 0 spiro atoms. The van der Waals surface area contributed by atoms with Crippen molar-refractivity contribution in [2.24, 2.45) is 5.92 Å². The summed E-state index contributed by atoms with van der Waals surface area (Å²) in [6.45, 7) is 3.25. The van der Waals surface area contributed by atoms with Crippen LogP contribution in [0.3, 0.4) is 0 Å². The van der Waals surface area contributed by atoms with Crippen LogP contribution in [0.15, 0.2) is 18.2 Å². The summed E-state index contributed by atoms with van der Waals surface area (Å²) < 4.78 is 0. The lowest BCUT2D eigenvalue weighted by atomic mass is 10.0. The summed E-state index contributed by atoms with van der Waals surface area (Å²) in [6.07, 6.45) is 0. The Hall–Kier alpha value is -0.440. The minimum Gasteiger partial charge on any atom is -0.373 e. The van der Waals surface area contributed by atoms with Gasteiger partial charge in [-0.2, -0.15) is 0 Å². The van der Waals surface area contributed by atoms with E-state index in [1.165, 1.54) is 0 Å². The van der Waals surface area contributed by atoms with E-state index in [-0.39, 0.29) is 0 Å². The van der Waals surface area contributed by atoms with Crippen LogP contribution < -0.4 is 10.2 Å². The SMILES string of the molecule is CN(CC1CNC1)c1ccc(Cl)cc1Cl. The van der Waals surface area contributed by atoms with E-state index in [0.717, 1.165) is 36.3 Å². The van der Waals surface area contributed by atoms with Crippen molar-refractivity contribution in [2.75, 3.05) is 31.6 Å². The standard InChI is InChI=1S/C11H14Cl2N2/c1-15(7-8-5-14-6-8)11-3-2-9(12)4-10(11)13/h2-4,8,14H,5-7H2,1H3. The lowest BCUT2D eigenvalue weighted by Gasteiger charge is -2.32. The summed E-state index contributed by atoms with van der Waals surface area (Å²) >= 11 is 12.0. The average molecular weight is 245 g/mol. The van der Waals surface area contributed by atoms with E-state index < -0.39 is 0 Å². The predicted molar refractivity (Wildman–Crippen MR) is 66.1 cm³/mol. The highest BCUT2D eigenvalue weighted by Gasteiger charge is 2.19. The number of benzene rings is 1. The second-order valence-electron chi connectivity index (χ2n) is 4.00. The highest BCUT2D eigenvalue weighted by molar-refractivity contribution is 6.36. The van der Waals surface area contributed by atoms with Crippen molar-refractivity contribution < 1.29 is 0 Å². The molecule has 1 fully saturated rings. The van der Waals surface area contributed by atoms with Gasteiger partial charge in [-0.1, -0.05) is 23.2 Å². The van der Waals surface area contributed by atoms with Crippen molar-refractivity contribution >= 4 is 28.9 Å². The molecule has 0 amide bonds. The second kappa shape index (κ2) is 4.60. The highest BCUT2D eigenvalue weighted by atomic mass is 35.5. The van der Waals surface area contributed by atoms with Crippen molar-refractivity contribution in [1.29, 1.82) is 0 Å². The summed E-state index contributed by atoms with van der Waals surface area (Å²) in [5, 5.41) is 4.66. The Labute approximate surface area is 100 Å². The zero-order chi connectivity index (χ0) is 10.8. The number of nitrogens with one attached hydrogen (secondary N) is 1. The maximum Gasteiger partial charge on any atom is 0.0654 e. The van der Waals surface area contributed by atoms with E-state index in [1.54, 1.807) is 6.07 Å². The quantitative estimate of drug-likeness (QED) is 0.880. The van der Waals surface area contributed by atoms with Gasteiger partial charge in [0.1, 0.15) is 0 Å². The number of hydrogen-bond acceptors (Lipinski definition) is 2. The molecule has 1 aromatic carbocycles. The van der Waals surface area contributed by atoms with Crippen LogP contribution in [-0.2, 0) is 0 Å². The van der Waals surface area contributed by atoms with Gasteiger partial charge in [0.25, 0.3) is 0 Å². The van der Waals surface area contributed by atoms with Crippen LogP contribution in [0, 0.1) is 5.92 Å². The lowest BCUT2D eigenvalue weighted by Crippen LogP contribution is -2.47. The van der Waals surface area contributed by atoms with Gasteiger partial charge in [-0.25, -0.2) is 0 Å². The van der Waals surface area contributed by atoms with E-state index in [2.05, 4.69) is 17.3 Å². The molecule has 1 aliphatic heterocycles. The molecule has 2 rings (SSSR count). The van der Waals surface area contributed by atoms with Gasteiger partial charge in [0.15, 0.2) is 0 Å². The molecule has 15 heavy (non-hydrogen) atoms. The van der Waals surface area contributed by atoms with Crippen LogP contribution in [-0.4, -0.2) is 26.7 Å². The Morgan fingerprint density at radius 3 is 2.67 bits per heavy atom. The molecule has 1 heterocycles. The second-order valence-corrected chi connectivity index (χ2v) is 4.84. The van der Waals surface area contributed by atoms with Crippen LogP contribution >= 0.6 is 23.2 Å². The molecule has 0 unspecified atom stereocenters. The molecule has 0 saturated carbocycles. The largest absolute Gasteiger partial charge is 0.373 e.